The molecule has 1 aliphatic heterocycles. The number of rotatable bonds is 2. The lowest BCUT2D eigenvalue weighted by molar-refractivity contribution is 0.618. The standard InChI is InChI=1S/C16H15FN4OS/c1-2-13-8-14(22)21-15(18-13)23-16(19-21)20-6-5-10-7-12(17)4-3-11(10)9-20/h3-4,7-8H,2,5-6,9H2,1H3. The zero-order chi connectivity index (χ0) is 16.0. The fourth-order valence-electron chi connectivity index (χ4n) is 2.84. The number of halogens is 1. The van der Waals surface area contributed by atoms with Crippen LogP contribution < -0.4 is 10.5 Å². The van der Waals surface area contributed by atoms with E-state index in [1.165, 1.54) is 28.0 Å². The lowest BCUT2D eigenvalue weighted by Gasteiger charge is -2.27. The molecule has 23 heavy (non-hydrogen) atoms. The number of hydrogen-bond acceptors (Lipinski definition) is 5. The van der Waals surface area contributed by atoms with Crippen molar-refractivity contribution in [3.05, 3.63) is 57.3 Å². The second kappa shape index (κ2) is 5.42. The van der Waals surface area contributed by atoms with Crippen molar-refractivity contribution in [2.24, 2.45) is 0 Å². The van der Waals surface area contributed by atoms with Gasteiger partial charge in [0.15, 0.2) is 0 Å². The van der Waals surface area contributed by atoms with Crippen LogP contribution >= 0.6 is 11.3 Å². The third-order valence-corrected chi connectivity index (χ3v) is 5.07. The highest BCUT2D eigenvalue weighted by molar-refractivity contribution is 7.20. The SMILES string of the molecule is CCc1cc(=O)n2nc(N3CCc4cc(F)ccc4C3)sc2n1. The Hall–Kier alpha value is -2.28. The highest BCUT2D eigenvalue weighted by Crippen LogP contribution is 2.28. The van der Waals surface area contributed by atoms with Gasteiger partial charge in [0, 0.05) is 24.8 Å². The van der Waals surface area contributed by atoms with Crippen molar-refractivity contribution < 1.29 is 4.39 Å². The maximum Gasteiger partial charge on any atom is 0.275 e. The minimum absolute atomic E-state index is 0.145. The third-order valence-electron chi connectivity index (χ3n) is 4.10. The maximum atomic E-state index is 13.3. The van der Waals surface area contributed by atoms with Crippen LogP contribution in [0.3, 0.4) is 0 Å². The average molecular weight is 330 g/mol. The summed E-state index contributed by atoms with van der Waals surface area (Å²) in [5, 5.41) is 5.19. The Balaban J connectivity index is 1.71. The molecule has 0 amide bonds. The lowest BCUT2D eigenvalue weighted by Crippen LogP contribution is -2.30. The quantitative estimate of drug-likeness (QED) is 0.724. The van der Waals surface area contributed by atoms with Crippen molar-refractivity contribution in [1.82, 2.24) is 14.6 Å². The van der Waals surface area contributed by atoms with Gasteiger partial charge in [0.1, 0.15) is 5.82 Å². The Bertz CT molecular complexity index is 949. The van der Waals surface area contributed by atoms with Gasteiger partial charge in [0.2, 0.25) is 10.1 Å². The van der Waals surface area contributed by atoms with E-state index in [1.807, 2.05) is 13.0 Å². The van der Waals surface area contributed by atoms with Crippen LogP contribution in [-0.4, -0.2) is 21.1 Å². The molecule has 118 valence electrons. The van der Waals surface area contributed by atoms with Crippen LogP contribution in [0.15, 0.2) is 29.1 Å². The Labute approximate surface area is 136 Å². The number of nitrogens with zero attached hydrogens (tertiary/aromatic N) is 4. The topological polar surface area (TPSA) is 50.5 Å². The summed E-state index contributed by atoms with van der Waals surface area (Å²) in [7, 11) is 0. The first-order valence-electron chi connectivity index (χ1n) is 7.56. The van der Waals surface area contributed by atoms with E-state index in [-0.39, 0.29) is 11.4 Å². The van der Waals surface area contributed by atoms with Gasteiger partial charge in [-0.1, -0.05) is 24.3 Å². The zero-order valence-corrected chi connectivity index (χ0v) is 13.4. The van der Waals surface area contributed by atoms with Crippen molar-refractivity contribution >= 4 is 21.4 Å². The summed E-state index contributed by atoms with van der Waals surface area (Å²) < 4.78 is 14.7. The molecule has 0 radical (unpaired) electrons. The molecule has 3 heterocycles. The fourth-order valence-corrected chi connectivity index (χ4v) is 3.79. The predicted molar refractivity (Wildman–Crippen MR) is 87.7 cm³/mol. The van der Waals surface area contributed by atoms with E-state index in [4.69, 9.17) is 0 Å². The molecule has 4 rings (SSSR count). The van der Waals surface area contributed by atoms with Gasteiger partial charge in [-0.2, -0.15) is 4.52 Å². The Morgan fingerprint density at radius 2 is 2.17 bits per heavy atom. The van der Waals surface area contributed by atoms with Gasteiger partial charge < -0.3 is 4.90 Å². The summed E-state index contributed by atoms with van der Waals surface area (Å²) in [6, 6.07) is 6.44. The van der Waals surface area contributed by atoms with Crippen LogP contribution in [-0.2, 0) is 19.4 Å². The van der Waals surface area contributed by atoms with Crippen molar-refractivity contribution in [2.45, 2.75) is 26.3 Å². The minimum Gasteiger partial charge on any atom is -0.342 e. The number of aryl methyl sites for hydroxylation is 1. The molecule has 0 saturated carbocycles. The van der Waals surface area contributed by atoms with Crippen LogP contribution in [0.2, 0.25) is 0 Å². The molecule has 1 aliphatic rings. The maximum absolute atomic E-state index is 13.3. The molecule has 0 bridgehead atoms. The molecule has 0 unspecified atom stereocenters. The van der Waals surface area contributed by atoms with E-state index in [0.717, 1.165) is 41.3 Å². The smallest absolute Gasteiger partial charge is 0.275 e. The molecule has 0 saturated heterocycles. The van der Waals surface area contributed by atoms with Gasteiger partial charge in [0.05, 0.1) is 0 Å². The Kier molecular flexibility index (Phi) is 3.37. The molecule has 0 spiro atoms. The Morgan fingerprint density at radius 1 is 1.30 bits per heavy atom. The van der Waals surface area contributed by atoms with E-state index in [9.17, 15) is 9.18 Å². The van der Waals surface area contributed by atoms with Crippen LogP contribution in [0.1, 0.15) is 23.7 Å². The molecule has 5 nitrogen and oxygen atoms in total. The number of benzene rings is 1. The summed E-state index contributed by atoms with van der Waals surface area (Å²) in [5.41, 5.74) is 2.79. The minimum atomic E-state index is -0.194. The van der Waals surface area contributed by atoms with E-state index < -0.39 is 0 Å². The lowest BCUT2D eigenvalue weighted by atomic mass is 10.0. The van der Waals surface area contributed by atoms with Crippen molar-refractivity contribution in [3.8, 4) is 0 Å². The third kappa shape index (κ3) is 2.50. The molecular weight excluding hydrogens is 315 g/mol. The van der Waals surface area contributed by atoms with Gasteiger partial charge in [-0.05, 0) is 36.1 Å². The molecule has 0 fully saturated rings. The summed E-state index contributed by atoms with van der Waals surface area (Å²) in [6.45, 7) is 3.40. The van der Waals surface area contributed by atoms with Crippen LogP contribution in [0.5, 0.6) is 0 Å². The first-order valence-corrected chi connectivity index (χ1v) is 8.38. The summed E-state index contributed by atoms with van der Waals surface area (Å²) in [5.74, 6) is -0.194. The van der Waals surface area contributed by atoms with Gasteiger partial charge in [-0.25, -0.2) is 9.37 Å². The molecule has 3 aromatic rings. The second-order valence-electron chi connectivity index (χ2n) is 5.60. The average Bonchev–Trinajstić information content (AvgIpc) is 2.99. The summed E-state index contributed by atoms with van der Waals surface area (Å²) in [6.07, 6.45) is 1.49. The molecule has 0 atom stereocenters. The van der Waals surface area contributed by atoms with Gasteiger partial charge in [-0.15, -0.1) is 5.10 Å². The molecule has 2 aromatic heterocycles. The van der Waals surface area contributed by atoms with Crippen molar-refractivity contribution in [3.63, 3.8) is 0 Å². The fraction of sp³-hybridized carbons (Fsp3) is 0.312. The first kappa shape index (κ1) is 14.3. The second-order valence-corrected chi connectivity index (χ2v) is 6.54. The highest BCUT2D eigenvalue weighted by Gasteiger charge is 2.20. The van der Waals surface area contributed by atoms with E-state index >= 15 is 0 Å². The number of fused-ring (bicyclic) bond motifs is 2. The Morgan fingerprint density at radius 3 is 3.00 bits per heavy atom. The van der Waals surface area contributed by atoms with Gasteiger partial charge in [0.25, 0.3) is 5.56 Å². The zero-order valence-electron chi connectivity index (χ0n) is 12.6. The van der Waals surface area contributed by atoms with Crippen molar-refractivity contribution in [2.75, 3.05) is 11.4 Å². The molecular formula is C16H15FN4OS. The van der Waals surface area contributed by atoms with Crippen LogP contribution in [0.4, 0.5) is 9.52 Å². The van der Waals surface area contributed by atoms with E-state index in [0.29, 0.717) is 11.5 Å². The molecule has 0 N–H and O–H groups in total. The normalized spacial score (nSPS) is 14.3. The summed E-state index contributed by atoms with van der Waals surface area (Å²) >= 11 is 1.42. The van der Waals surface area contributed by atoms with Gasteiger partial charge >= 0.3 is 0 Å². The predicted octanol–water partition coefficient (Wildman–Crippen LogP) is 2.42. The monoisotopic (exact) mass is 330 g/mol. The largest absolute Gasteiger partial charge is 0.342 e. The highest BCUT2D eigenvalue weighted by atomic mass is 32.1. The van der Waals surface area contributed by atoms with Crippen LogP contribution in [0, 0.1) is 5.82 Å². The van der Waals surface area contributed by atoms with Crippen LogP contribution in [0.25, 0.3) is 4.96 Å². The molecule has 1 aromatic carbocycles. The van der Waals surface area contributed by atoms with Gasteiger partial charge in [-0.3, -0.25) is 4.79 Å². The van der Waals surface area contributed by atoms with E-state index in [1.54, 1.807) is 6.07 Å². The number of aromatic nitrogens is 3. The number of anilines is 1. The summed E-state index contributed by atoms with van der Waals surface area (Å²) in [4.78, 5) is 19.3. The van der Waals surface area contributed by atoms with E-state index in [2.05, 4.69) is 15.0 Å². The number of hydrogen-bond donors (Lipinski definition) is 0. The molecule has 0 aliphatic carbocycles. The van der Waals surface area contributed by atoms with Crippen molar-refractivity contribution in [1.29, 1.82) is 0 Å². The first-order chi connectivity index (χ1) is 11.1. The molecule has 7 heteroatoms.